The van der Waals surface area contributed by atoms with Crippen molar-refractivity contribution in [2.24, 2.45) is 0 Å². The molecule has 6 heteroatoms. The lowest BCUT2D eigenvalue weighted by atomic mass is 10.2. The van der Waals surface area contributed by atoms with Crippen LogP contribution in [0.2, 0.25) is 0 Å². The Morgan fingerprint density at radius 2 is 1.60 bits per heavy atom. The van der Waals surface area contributed by atoms with Crippen LogP contribution in [0.1, 0.15) is 23.2 Å². The molecule has 2 amide bonds. The quantitative estimate of drug-likeness (QED) is 0.687. The number of hydrogen-bond acceptors (Lipinski definition) is 3. The molecule has 0 aliphatic carbocycles. The average molecular weight is 344 g/mol. The van der Waals surface area contributed by atoms with Gasteiger partial charge in [0.15, 0.2) is 0 Å². The van der Waals surface area contributed by atoms with Crippen molar-refractivity contribution in [1.29, 1.82) is 0 Å². The molecule has 2 aromatic rings. The van der Waals surface area contributed by atoms with Crippen molar-refractivity contribution in [2.75, 3.05) is 19.7 Å². The van der Waals surface area contributed by atoms with E-state index in [1.165, 1.54) is 24.3 Å². The second-order valence-electron chi connectivity index (χ2n) is 5.38. The van der Waals surface area contributed by atoms with Crippen molar-refractivity contribution < 1.29 is 18.7 Å². The number of carbonyl (C=O) groups is 2. The minimum absolute atomic E-state index is 0.0901. The van der Waals surface area contributed by atoms with Crippen molar-refractivity contribution >= 4 is 11.8 Å². The van der Waals surface area contributed by atoms with E-state index in [4.69, 9.17) is 4.74 Å². The van der Waals surface area contributed by atoms with Gasteiger partial charge in [-0.15, -0.1) is 0 Å². The molecule has 2 rings (SSSR count). The zero-order chi connectivity index (χ0) is 17.9. The molecule has 0 aliphatic heterocycles. The Morgan fingerprint density at radius 3 is 2.32 bits per heavy atom. The molecule has 0 unspecified atom stereocenters. The molecule has 0 spiro atoms. The van der Waals surface area contributed by atoms with Crippen LogP contribution in [0.25, 0.3) is 0 Å². The number of amides is 2. The van der Waals surface area contributed by atoms with Crippen LogP contribution >= 0.6 is 0 Å². The number of carbonyl (C=O) groups excluding carboxylic acids is 2. The molecule has 132 valence electrons. The van der Waals surface area contributed by atoms with Crippen LogP contribution < -0.4 is 15.4 Å². The molecule has 0 atom stereocenters. The van der Waals surface area contributed by atoms with Crippen molar-refractivity contribution in [3.05, 3.63) is 66.0 Å². The predicted molar refractivity (Wildman–Crippen MR) is 92.9 cm³/mol. The molecular weight excluding hydrogens is 323 g/mol. The zero-order valence-corrected chi connectivity index (χ0v) is 13.8. The molecule has 2 N–H and O–H groups in total. The van der Waals surface area contributed by atoms with Crippen LogP contribution in [0.5, 0.6) is 5.75 Å². The Labute approximate surface area is 146 Å². The van der Waals surface area contributed by atoms with E-state index in [0.29, 0.717) is 38.1 Å². The average Bonchev–Trinajstić information content (AvgIpc) is 2.63. The van der Waals surface area contributed by atoms with Crippen LogP contribution in [-0.2, 0) is 4.79 Å². The first kappa shape index (κ1) is 18.4. The molecule has 0 radical (unpaired) electrons. The Balaban J connectivity index is 1.53. The maximum Gasteiger partial charge on any atom is 0.251 e. The summed E-state index contributed by atoms with van der Waals surface area (Å²) in [4.78, 5) is 23.5. The number of para-hydroxylation sites is 1. The van der Waals surface area contributed by atoms with Crippen LogP contribution in [0.3, 0.4) is 0 Å². The van der Waals surface area contributed by atoms with Gasteiger partial charge in [-0.2, -0.15) is 0 Å². The number of benzene rings is 2. The minimum atomic E-state index is -0.389. The lowest BCUT2D eigenvalue weighted by Crippen LogP contribution is -2.34. The maximum absolute atomic E-state index is 12.8. The summed E-state index contributed by atoms with van der Waals surface area (Å²) >= 11 is 0. The number of halogens is 1. The Bertz CT molecular complexity index is 675. The summed E-state index contributed by atoms with van der Waals surface area (Å²) < 4.78 is 18.3. The summed E-state index contributed by atoms with van der Waals surface area (Å²) in [7, 11) is 0. The van der Waals surface area contributed by atoms with E-state index < -0.39 is 0 Å². The van der Waals surface area contributed by atoms with Crippen LogP contribution in [-0.4, -0.2) is 31.5 Å². The molecule has 0 saturated carbocycles. The Hall–Kier alpha value is -2.89. The molecule has 5 nitrogen and oxygen atoms in total. The zero-order valence-electron chi connectivity index (χ0n) is 13.8. The first-order chi connectivity index (χ1) is 12.1. The van der Waals surface area contributed by atoms with Gasteiger partial charge in [-0.3, -0.25) is 9.59 Å². The van der Waals surface area contributed by atoms with E-state index in [2.05, 4.69) is 10.6 Å². The third-order valence-electron chi connectivity index (χ3n) is 3.40. The smallest absolute Gasteiger partial charge is 0.251 e. The van der Waals surface area contributed by atoms with Crippen molar-refractivity contribution in [3.8, 4) is 5.75 Å². The summed E-state index contributed by atoms with van der Waals surface area (Å²) in [6.45, 7) is 1.12. The predicted octanol–water partition coefficient (Wildman–Crippen LogP) is 2.53. The highest BCUT2D eigenvalue weighted by Crippen LogP contribution is 2.08. The van der Waals surface area contributed by atoms with Gasteiger partial charge in [0, 0.05) is 25.1 Å². The summed E-state index contributed by atoms with van der Waals surface area (Å²) in [5.41, 5.74) is 0.380. The number of hydrogen-bond donors (Lipinski definition) is 2. The molecular formula is C19H21FN2O3. The summed E-state index contributed by atoms with van der Waals surface area (Å²) in [5.74, 6) is 0.00433. The monoisotopic (exact) mass is 344 g/mol. The van der Waals surface area contributed by atoms with Gasteiger partial charge < -0.3 is 15.4 Å². The topological polar surface area (TPSA) is 67.4 Å². The highest BCUT2D eigenvalue weighted by atomic mass is 19.1. The third-order valence-corrected chi connectivity index (χ3v) is 3.40. The fourth-order valence-corrected chi connectivity index (χ4v) is 2.11. The maximum atomic E-state index is 12.8. The molecule has 0 bridgehead atoms. The lowest BCUT2D eigenvalue weighted by molar-refractivity contribution is -0.121. The standard InChI is InChI=1S/C19H21FN2O3/c20-16-10-8-15(9-11-16)19(24)22-13-12-21-18(23)7-4-14-25-17-5-2-1-3-6-17/h1-3,5-6,8-11H,4,7,12-14H2,(H,21,23)(H,22,24). The van der Waals surface area contributed by atoms with E-state index in [-0.39, 0.29) is 17.6 Å². The van der Waals surface area contributed by atoms with Crippen molar-refractivity contribution in [1.82, 2.24) is 10.6 Å². The Morgan fingerprint density at radius 1 is 0.920 bits per heavy atom. The Kier molecular flexibility index (Phi) is 7.43. The fourth-order valence-electron chi connectivity index (χ4n) is 2.11. The minimum Gasteiger partial charge on any atom is -0.494 e. The second-order valence-corrected chi connectivity index (χ2v) is 5.38. The van der Waals surface area contributed by atoms with E-state index >= 15 is 0 Å². The first-order valence-corrected chi connectivity index (χ1v) is 8.13. The van der Waals surface area contributed by atoms with Gasteiger partial charge in [0.1, 0.15) is 11.6 Å². The number of rotatable bonds is 9. The molecule has 0 aliphatic rings. The highest BCUT2D eigenvalue weighted by Gasteiger charge is 2.05. The fraction of sp³-hybridized carbons (Fsp3) is 0.263. The molecule has 0 aromatic heterocycles. The summed E-state index contributed by atoms with van der Waals surface area (Å²) in [6, 6.07) is 14.7. The SMILES string of the molecule is O=C(CCCOc1ccccc1)NCCNC(=O)c1ccc(F)cc1. The number of nitrogens with one attached hydrogen (secondary N) is 2. The molecule has 25 heavy (non-hydrogen) atoms. The van der Waals surface area contributed by atoms with Gasteiger partial charge in [0.2, 0.25) is 5.91 Å². The van der Waals surface area contributed by atoms with Crippen LogP contribution in [0, 0.1) is 5.82 Å². The molecule has 2 aromatic carbocycles. The summed E-state index contributed by atoms with van der Waals surface area (Å²) in [5, 5.41) is 5.39. The largest absolute Gasteiger partial charge is 0.494 e. The molecule has 0 fully saturated rings. The van der Waals surface area contributed by atoms with Crippen molar-refractivity contribution in [3.63, 3.8) is 0 Å². The lowest BCUT2D eigenvalue weighted by Gasteiger charge is -2.08. The van der Waals surface area contributed by atoms with E-state index in [1.54, 1.807) is 0 Å². The third kappa shape index (κ3) is 7.03. The molecule has 0 heterocycles. The van der Waals surface area contributed by atoms with Gasteiger partial charge in [0.05, 0.1) is 6.61 Å². The van der Waals surface area contributed by atoms with Gasteiger partial charge >= 0.3 is 0 Å². The number of ether oxygens (including phenoxy) is 1. The van der Waals surface area contributed by atoms with Crippen molar-refractivity contribution in [2.45, 2.75) is 12.8 Å². The first-order valence-electron chi connectivity index (χ1n) is 8.13. The molecule has 0 saturated heterocycles. The summed E-state index contributed by atoms with van der Waals surface area (Å²) in [6.07, 6.45) is 0.974. The second kappa shape index (κ2) is 10.1. The van der Waals surface area contributed by atoms with Gasteiger partial charge in [0.25, 0.3) is 5.91 Å². The van der Waals surface area contributed by atoms with Crippen LogP contribution in [0.4, 0.5) is 4.39 Å². The van der Waals surface area contributed by atoms with E-state index in [1.807, 2.05) is 30.3 Å². The normalized spacial score (nSPS) is 10.1. The van der Waals surface area contributed by atoms with Gasteiger partial charge in [-0.1, -0.05) is 18.2 Å². The van der Waals surface area contributed by atoms with Gasteiger partial charge in [-0.25, -0.2) is 4.39 Å². The highest BCUT2D eigenvalue weighted by molar-refractivity contribution is 5.94. The van der Waals surface area contributed by atoms with E-state index in [9.17, 15) is 14.0 Å². The van der Waals surface area contributed by atoms with E-state index in [0.717, 1.165) is 5.75 Å². The van der Waals surface area contributed by atoms with Crippen LogP contribution in [0.15, 0.2) is 54.6 Å². The van der Waals surface area contributed by atoms with Gasteiger partial charge in [-0.05, 0) is 42.8 Å².